The summed E-state index contributed by atoms with van der Waals surface area (Å²) in [7, 11) is -2.83. The molecule has 1 aliphatic heterocycles. The first-order valence-electron chi connectivity index (χ1n) is 6.13. The van der Waals surface area contributed by atoms with Gasteiger partial charge in [0.05, 0.1) is 5.75 Å². The smallest absolute Gasteiger partial charge is 0.147 e. The first-order chi connectivity index (χ1) is 8.56. The van der Waals surface area contributed by atoms with E-state index in [-0.39, 0.29) is 5.75 Å². The third kappa shape index (κ3) is 4.00. The molecule has 1 heterocycles. The average molecular weight is 285 g/mol. The Balaban J connectivity index is 1.88. The van der Waals surface area contributed by atoms with E-state index in [0.29, 0.717) is 12.5 Å². The average Bonchev–Trinajstić information content (AvgIpc) is 2.33. The summed E-state index contributed by atoms with van der Waals surface area (Å²) < 4.78 is 22.1. The number of rotatable bonds is 5. The summed E-state index contributed by atoms with van der Waals surface area (Å²) in [6.07, 6.45) is 1.97. The van der Waals surface area contributed by atoms with Crippen LogP contribution in [0.2, 0.25) is 0 Å². The minimum atomic E-state index is -2.83. The summed E-state index contributed by atoms with van der Waals surface area (Å²) in [6.45, 7) is 0.757. The van der Waals surface area contributed by atoms with Gasteiger partial charge in [-0.25, -0.2) is 8.42 Å². The molecule has 0 aromatic heterocycles. The largest absolute Gasteiger partial charge is 0.309 e. The fourth-order valence-corrected chi connectivity index (χ4v) is 3.96. The first-order valence-corrected chi connectivity index (χ1v) is 9.34. The molecule has 1 N–H and O–H groups in total. The Bertz CT molecular complexity index is 499. The zero-order chi connectivity index (χ0) is 13.0. The summed E-state index contributed by atoms with van der Waals surface area (Å²) >= 11 is 1.93. The number of benzene rings is 1. The maximum absolute atomic E-state index is 11.0. The molecule has 0 fully saturated rings. The molecule has 0 radical (unpaired) electrons. The second-order valence-corrected chi connectivity index (χ2v) is 7.99. The predicted molar refractivity (Wildman–Crippen MR) is 77.7 cm³/mol. The van der Waals surface area contributed by atoms with E-state index < -0.39 is 9.84 Å². The van der Waals surface area contributed by atoms with Crippen LogP contribution in [0.25, 0.3) is 0 Å². The van der Waals surface area contributed by atoms with Crippen LogP contribution in [0.5, 0.6) is 0 Å². The third-order valence-corrected chi connectivity index (χ3v) is 5.17. The molecule has 1 aliphatic rings. The zero-order valence-corrected chi connectivity index (χ0v) is 12.2. The molecule has 5 heteroatoms. The number of hydrogen-bond donors (Lipinski definition) is 1. The summed E-state index contributed by atoms with van der Waals surface area (Å²) in [4.78, 5) is 0. The van der Waals surface area contributed by atoms with Crippen molar-refractivity contribution in [3.63, 3.8) is 0 Å². The molecule has 1 aromatic rings. The van der Waals surface area contributed by atoms with Gasteiger partial charge in [-0.15, -0.1) is 0 Å². The van der Waals surface area contributed by atoms with Crippen molar-refractivity contribution in [3.05, 3.63) is 35.4 Å². The van der Waals surface area contributed by atoms with Crippen molar-refractivity contribution in [2.24, 2.45) is 0 Å². The minimum Gasteiger partial charge on any atom is -0.309 e. The van der Waals surface area contributed by atoms with Gasteiger partial charge in [0.2, 0.25) is 0 Å². The predicted octanol–water partition coefficient (Wildman–Crippen LogP) is 2.00. The van der Waals surface area contributed by atoms with Gasteiger partial charge in [-0.2, -0.15) is 11.8 Å². The molecule has 0 amide bonds. The molecule has 18 heavy (non-hydrogen) atoms. The van der Waals surface area contributed by atoms with Gasteiger partial charge in [0.15, 0.2) is 0 Å². The standard InChI is InChI=1S/C13H19NO2S2/c1-18(15,16)8-4-7-14-13-10-17-9-11-5-2-3-6-12(11)13/h2-3,5-6,13-14H,4,7-10H2,1H3. The second-order valence-electron chi connectivity index (χ2n) is 4.70. The Labute approximate surface area is 113 Å². The van der Waals surface area contributed by atoms with Crippen LogP contribution in [0.1, 0.15) is 23.6 Å². The van der Waals surface area contributed by atoms with E-state index in [0.717, 1.165) is 18.1 Å². The molecule has 0 bridgehead atoms. The normalized spacial score (nSPS) is 19.5. The lowest BCUT2D eigenvalue weighted by molar-refractivity contribution is 0.562. The Morgan fingerprint density at radius 2 is 2.17 bits per heavy atom. The van der Waals surface area contributed by atoms with Gasteiger partial charge in [0.25, 0.3) is 0 Å². The molecule has 0 saturated heterocycles. The fraction of sp³-hybridized carbons (Fsp3) is 0.538. The van der Waals surface area contributed by atoms with E-state index in [4.69, 9.17) is 0 Å². The fourth-order valence-electron chi connectivity index (χ4n) is 2.16. The lowest BCUT2D eigenvalue weighted by atomic mass is 10.0. The minimum absolute atomic E-state index is 0.265. The summed E-state index contributed by atoms with van der Waals surface area (Å²) in [6, 6.07) is 8.85. The highest BCUT2D eigenvalue weighted by atomic mass is 32.2. The zero-order valence-electron chi connectivity index (χ0n) is 10.6. The second kappa shape index (κ2) is 6.08. The van der Waals surface area contributed by atoms with Crippen LogP contribution in [0.4, 0.5) is 0 Å². The van der Waals surface area contributed by atoms with E-state index in [9.17, 15) is 8.42 Å². The van der Waals surface area contributed by atoms with Crippen LogP contribution >= 0.6 is 11.8 Å². The van der Waals surface area contributed by atoms with Crippen molar-refractivity contribution >= 4 is 21.6 Å². The molecule has 2 rings (SSSR count). The van der Waals surface area contributed by atoms with Crippen LogP contribution in [0.3, 0.4) is 0 Å². The van der Waals surface area contributed by atoms with Crippen molar-refractivity contribution in [2.45, 2.75) is 18.2 Å². The van der Waals surface area contributed by atoms with Crippen LogP contribution in [0.15, 0.2) is 24.3 Å². The molecule has 0 spiro atoms. The molecule has 1 unspecified atom stereocenters. The maximum atomic E-state index is 11.0. The maximum Gasteiger partial charge on any atom is 0.147 e. The van der Waals surface area contributed by atoms with E-state index in [2.05, 4.69) is 29.6 Å². The van der Waals surface area contributed by atoms with E-state index >= 15 is 0 Å². The van der Waals surface area contributed by atoms with Crippen LogP contribution in [0, 0.1) is 0 Å². The van der Waals surface area contributed by atoms with Gasteiger partial charge >= 0.3 is 0 Å². The van der Waals surface area contributed by atoms with Crippen molar-refractivity contribution in [1.82, 2.24) is 5.32 Å². The van der Waals surface area contributed by atoms with Gasteiger partial charge in [-0.1, -0.05) is 24.3 Å². The van der Waals surface area contributed by atoms with Gasteiger partial charge in [0, 0.05) is 23.8 Å². The number of sulfone groups is 1. The van der Waals surface area contributed by atoms with E-state index in [1.807, 2.05) is 11.8 Å². The van der Waals surface area contributed by atoms with Crippen molar-refractivity contribution < 1.29 is 8.42 Å². The lowest BCUT2D eigenvalue weighted by Crippen LogP contribution is -2.28. The molecular weight excluding hydrogens is 266 g/mol. The molecule has 1 atom stereocenters. The summed E-state index contributed by atoms with van der Waals surface area (Å²) in [5, 5.41) is 3.47. The SMILES string of the molecule is CS(=O)(=O)CCCNC1CSCc2ccccc21. The Morgan fingerprint density at radius 3 is 2.94 bits per heavy atom. The number of hydrogen-bond acceptors (Lipinski definition) is 4. The van der Waals surface area contributed by atoms with Gasteiger partial charge < -0.3 is 5.32 Å². The van der Waals surface area contributed by atoms with Gasteiger partial charge in [-0.3, -0.25) is 0 Å². The van der Waals surface area contributed by atoms with Gasteiger partial charge in [-0.05, 0) is 24.1 Å². The summed E-state index contributed by atoms with van der Waals surface area (Å²) in [5.74, 6) is 2.41. The summed E-state index contributed by atoms with van der Waals surface area (Å²) in [5.41, 5.74) is 2.77. The lowest BCUT2D eigenvalue weighted by Gasteiger charge is -2.26. The monoisotopic (exact) mass is 285 g/mol. The van der Waals surface area contributed by atoms with Crippen molar-refractivity contribution in [2.75, 3.05) is 24.3 Å². The van der Waals surface area contributed by atoms with E-state index in [1.54, 1.807) is 0 Å². The Kier molecular flexibility index (Phi) is 4.70. The molecule has 0 saturated carbocycles. The molecular formula is C13H19NO2S2. The number of fused-ring (bicyclic) bond motifs is 1. The van der Waals surface area contributed by atoms with Crippen molar-refractivity contribution in [3.8, 4) is 0 Å². The van der Waals surface area contributed by atoms with Crippen LogP contribution < -0.4 is 5.32 Å². The number of nitrogens with one attached hydrogen (secondary N) is 1. The van der Waals surface area contributed by atoms with Crippen LogP contribution in [-0.4, -0.2) is 32.7 Å². The third-order valence-electron chi connectivity index (χ3n) is 3.06. The number of thioether (sulfide) groups is 1. The Hall–Kier alpha value is -0.520. The highest BCUT2D eigenvalue weighted by Gasteiger charge is 2.19. The van der Waals surface area contributed by atoms with Crippen molar-refractivity contribution in [1.29, 1.82) is 0 Å². The van der Waals surface area contributed by atoms with E-state index in [1.165, 1.54) is 17.4 Å². The molecule has 0 aliphatic carbocycles. The molecule has 100 valence electrons. The van der Waals surface area contributed by atoms with Crippen LogP contribution in [-0.2, 0) is 15.6 Å². The molecule has 3 nitrogen and oxygen atoms in total. The van der Waals surface area contributed by atoms with Gasteiger partial charge in [0.1, 0.15) is 9.84 Å². The molecule has 1 aromatic carbocycles. The quantitative estimate of drug-likeness (QED) is 0.841. The Morgan fingerprint density at radius 1 is 1.39 bits per heavy atom. The topological polar surface area (TPSA) is 46.2 Å². The highest BCUT2D eigenvalue weighted by molar-refractivity contribution is 7.98. The first kappa shape index (κ1) is 13.9. The highest BCUT2D eigenvalue weighted by Crippen LogP contribution is 2.31.